The van der Waals surface area contributed by atoms with Crippen LogP contribution in [0.1, 0.15) is 18.1 Å². The summed E-state index contributed by atoms with van der Waals surface area (Å²) in [7, 11) is 0. The van der Waals surface area contributed by atoms with Crippen molar-refractivity contribution in [3.63, 3.8) is 0 Å². The highest BCUT2D eigenvalue weighted by Crippen LogP contribution is 2.43. The van der Waals surface area contributed by atoms with Crippen molar-refractivity contribution in [3.05, 3.63) is 108 Å². The fraction of sp³-hybridized carbons (Fsp3) is 0.143. The second-order valence-corrected chi connectivity index (χ2v) is 5.45. The van der Waals surface area contributed by atoms with E-state index in [1.807, 2.05) is 43.3 Å². The average Bonchev–Trinajstić information content (AvgIpc) is 2.60. The predicted octanol–water partition coefficient (Wildman–Crippen LogP) is 5.06. The minimum Gasteiger partial charge on any atom is -0.401 e. The number of halogens is 2. The summed E-state index contributed by atoms with van der Waals surface area (Å²) in [6.07, 6.45) is 5.01. The normalized spacial score (nSPS) is 14.5. The minimum atomic E-state index is -0.880. The Morgan fingerprint density at radius 2 is 1.67 bits per heavy atom. The summed E-state index contributed by atoms with van der Waals surface area (Å²) in [5.41, 5.74) is 8.22. The van der Waals surface area contributed by atoms with Gasteiger partial charge in [0.2, 0.25) is 0 Å². The van der Waals surface area contributed by atoms with Gasteiger partial charge in [0.15, 0.2) is 0 Å². The van der Waals surface area contributed by atoms with Crippen molar-refractivity contribution in [1.82, 2.24) is 0 Å². The van der Waals surface area contributed by atoms with Crippen molar-refractivity contribution in [2.75, 3.05) is 6.67 Å². The van der Waals surface area contributed by atoms with E-state index < -0.39 is 12.1 Å². The Balaban J connectivity index is 2.82. The van der Waals surface area contributed by atoms with Crippen LogP contribution in [0.15, 0.2) is 90.7 Å². The first-order chi connectivity index (χ1) is 11.6. The minimum absolute atomic E-state index is 0.329. The number of hydrogen-bond donors (Lipinski definition) is 1. The highest BCUT2D eigenvalue weighted by Gasteiger charge is 2.38. The smallest absolute Gasteiger partial charge is 0.123 e. The summed E-state index contributed by atoms with van der Waals surface area (Å²) in [5, 5.41) is 0. The van der Waals surface area contributed by atoms with Crippen molar-refractivity contribution < 1.29 is 8.78 Å². The summed E-state index contributed by atoms with van der Waals surface area (Å²) in [6, 6.07) is 15.8. The van der Waals surface area contributed by atoms with Crippen molar-refractivity contribution in [2.45, 2.75) is 12.3 Å². The van der Waals surface area contributed by atoms with Gasteiger partial charge in [-0.15, -0.1) is 0 Å². The molecule has 0 saturated carbocycles. The lowest BCUT2D eigenvalue weighted by Crippen LogP contribution is -2.35. The molecule has 0 aliphatic heterocycles. The Morgan fingerprint density at radius 3 is 2.17 bits per heavy atom. The Labute approximate surface area is 141 Å². The summed E-state index contributed by atoms with van der Waals surface area (Å²) < 4.78 is 26.2. The third-order valence-electron chi connectivity index (χ3n) is 4.10. The molecule has 0 amide bonds. The molecule has 0 radical (unpaired) electrons. The zero-order chi connectivity index (χ0) is 17.6. The highest BCUT2D eigenvalue weighted by molar-refractivity contribution is 5.58. The Hall–Kier alpha value is -2.68. The molecule has 0 heterocycles. The van der Waals surface area contributed by atoms with Gasteiger partial charge in [-0.2, -0.15) is 0 Å². The Bertz CT molecular complexity index is 745. The summed E-state index contributed by atoms with van der Waals surface area (Å²) in [6.45, 7) is 5.28. The van der Waals surface area contributed by atoms with E-state index in [4.69, 9.17) is 5.73 Å². The zero-order valence-electron chi connectivity index (χ0n) is 13.7. The van der Waals surface area contributed by atoms with Crippen LogP contribution in [0.25, 0.3) is 0 Å². The first kappa shape index (κ1) is 17.7. The second kappa shape index (κ2) is 7.73. The van der Waals surface area contributed by atoms with E-state index >= 15 is 0 Å². The van der Waals surface area contributed by atoms with Gasteiger partial charge in [-0.05, 0) is 35.8 Å². The van der Waals surface area contributed by atoms with Crippen LogP contribution < -0.4 is 5.73 Å². The van der Waals surface area contributed by atoms with Gasteiger partial charge in [0.05, 0.1) is 5.41 Å². The lowest BCUT2D eigenvalue weighted by molar-refractivity contribution is 0.561. The maximum absolute atomic E-state index is 13.4. The molecular weight excluding hydrogens is 304 g/mol. The van der Waals surface area contributed by atoms with E-state index in [2.05, 4.69) is 6.58 Å². The summed E-state index contributed by atoms with van der Waals surface area (Å²) >= 11 is 0. The Kier molecular flexibility index (Phi) is 5.69. The third kappa shape index (κ3) is 3.16. The molecule has 1 unspecified atom stereocenters. The van der Waals surface area contributed by atoms with Gasteiger partial charge in [0, 0.05) is 5.70 Å². The van der Waals surface area contributed by atoms with Crippen LogP contribution in [0.3, 0.4) is 0 Å². The van der Waals surface area contributed by atoms with Crippen LogP contribution in [0, 0.1) is 5.82 Å². The van der Waals surface area contributed by atoms with Gasteiger partial charge in [0.25, 0.3) is 0 Å². The topological polar surface area (TPSA) is 26.0 Å². The van der Waals surface area contributed by atoms with Crippen molar-refractivity contribution in [2.24, 2.45) is 5.73 Å². The van der Waals surface area contributed by atoms with Crippen LogP contribution in [0.5, 0.6) is 0 Å². The molecular formula is C21H21F2N. The quantitative estimate of drug-likeness (QED) is 0.738. The van der Waals surface area contributed by atoms with Gasteiger partial charge in [-0.25, -0.2) is 8.78 Å². The number of benzene rings is 2. The van der Waals surface area contributed by atoms with Gasteiger partial charge < -0.3 is 5.73 Å². The highest BCUT2D eigenvalue weighted by atomic mass is 19.1. The van der Waals surface area contributed by atoms with Crippen LogP contribution in [-0.4, -0.2) is 6.67 Å². The predicted molar refractivity (Wildman–Crippen MR) is 95.8 cm³/mol. The van der Waals surface area contributed by atoms with E-state index in [9.17, 15) is 8.78 Å². The third-order valence-corrected chi connectivity index (χ3v) is 4.10. The summed E-state index contributed by atoms with van der Waals surface area (Å²) in [5.74, 6) is -0.329. The zero-order valence-corrected chi connectivity index (χ0v) is 13.7. The molecule has 2 rings (SSSR count). The molecule has 0 bridgehead atoms. The standard InChI is InChI=1S/C21H21F2N/c1-3-17(10-7-15-22)21(16(2)24,18-8-5-4-6-9-18)19-11-13-20(23)14-12-19/h3-14H,2,15,24H2,1H3/b10-7-,17-3+. The SMILES string of the molecule is C=C(N)C(C(/C=C\CF)=C/C)(c1ccccc1)c1ccc(F)cc1. The van der Waals surface area contributed by atoms with E-state index in [0.29, 0.717) is 5.70 Å². The second-order valence-electron chi connectivity index (χ2n) is 5.45. The van der Waals surface area contributed by atoms with Crippen LogP contribution in [0.2, 0.25) is 0 Å². The Morgan fingerprint density at radius 1 is 1.08 bits per heavy atom. The molecule has 1 nitrogen and oxygen atoms in total. The van der Waals surface area contributed by atoms with Crippen molar-refractivity contribution in [3.8, 4) is 0 Å². The molecule has 0 aliphatic rings. The average molecular weight is 325 g/mol. The van der Waals surface area contributed by atoms with Gasteiger partial charge in [-0.1, -0.05) is 67.3 Å². The molecule has 2 N–H and O–H groups in total. The lowest BCUT2D eigenvalue weighted by Gasteiger charge is -2.37. The lowest BCUT2D eigenvalue weighted by atomic mass is 9.67. The maximum Gasteiger partial charge on any atom is 0.123 e. The molecule has 124 valence electrons. The molecule has 0 aromatic heterocycles. The molecule has 24 heavy (non-hydrogen) atoms. The first-order valence-electron chi connectivity index (χ1n) is 7.73. The summed E-state index contributed by atoms with van der Waals surface area (Å²) in [4.78, 5) is 0. The van der Waals surface area contributed by atoms with Crippen LogP contribution >= 0.6 is 0 Å². The van der Waals surface area contributed by atoms with E-state index in [-0.39, 0.29) is 5.82 Å². The molecule has 0 saturated heterocycles. The van der Waals surface area contributed by atoms with Crippen molar-refractivity contribution >= 4 is 0 Å². The van der Waals surface area contributed by atoms with E-state index in [0.717, 1.165) is 16.7 Å². The number of alkyl halides is 1. The number of allylic oxidation sites excluding steroid dienone is 4. The van der Waals surface area contributed by atoms with Crippen LogP contribution in [0.4, 0.5) is 8.78 Å². The molecule has 0 spiro atoms. The number of rotatable bonds is 6. The fourth-order valence-electron chi connectivity index (χ4n) is 3.05. The monoisotopic (exact) mass is 325 g/mol. The first-order valence-corrected chi connectivity index (χ1v) is 7.73. The molecule has 0 fully saturated rings. The van der Waals surface area contributed by atoms with E-state index in [1.165, 1.54) is 18.2 Å². The number of hydrogen-bond acceptors (Lipinski definition) is 1. The molecule has 3 heteroatoms. The number of nitrogens with two attached hydrogens (primary N) is 1. The molecule has 0 aliphatic carbocycles. The van der Waals surface area contributed by atoms with Gasteiger partial charge in [-0.3, -0.25) is 0 Å². The van der Waals surface area contributed by atoms with Crippen molar-refractivity contribution in [1.29, 1.82) is 0 Å². The molecule has 1 atom stereocenters. The molecule has 2 aromatic rings. The largest absolute Gasteiger partial charge is 0.401 e. The fourth-order valence-corrected chi connectivity index (χ4v) is 3.05. The van der Waals surface area contributed by atoms with E-state index in [1.54, 1.807) is 18.2 Å². The van der Waals surface area contributed by atoms with Crippen LogP contribution in [-0.2, 0) is 5.41 Å². The van der Waals surface area contributed by atoms with Gasteiger partial charge >= 0.3 is 0 Å². The maximum atomic E-state index is 13.4. The molecule has 2 aromatic carbocycles. The van der Waals surface area contributed by atoms with Gasteiger partial charge in [0.1, 0.15) is 12.5 Å².